The highest BCUT2D eigenvalue weighted by Gasteiger charge is 2.32. The van der Waals surface area contributed by atoms with Crippen LogP contribution >= 0.6 is 0 Å². The molecule has 0 bridgehead atoms. The fraction of sp³-hybridized carbons (Fsp3) is 0.273. The van der Waals surface area contributed by atoms with Crippen molar-refractivity contribution in [2.75, 3.05) is 0 Å². The van der Waals surface area contributed by atoms with Crippen molar-refractivity contribution < 1.29 is 19.1 Å². The molecule has 0 saturated carbocycles. The smallest absolute Gasteiger partial charge is 0.311 e. The van der Waals surface area contributed by atoms with E-state index in [4.69, 9.17) is 9.15 Å². The lowest BCUT2D eigenvalue weighted by Gasteiger charge is -2.26. The number of ether oxygens (including phenoxy) is 1. The number of benzene rings is 2. The molecule has 5 heteroatoms. The van der Waals surface area contributed by atoms with Crippen LogP contribution in [0.3, 0.4) is 0 Å². The van der Waals surface area contributed by atoms with Gasteiger partial charge in [0.15, 0.2) is 0 Å². The minimum Gasteiger partial charge on any atom is -0.507 e. The summed E-state index contributed by atoms with van der Waals surface area (Å²) < 4.78 is 11.2. The second-order valence-corrected chi connectivity index (χ2v) is 7.36. The van der Waals surface area contributed by atoms with E-state index in [1.165, 1.54) is 12.3 Å². The van der Waals surface area contributed by atoms with Gasteiger partial charge in [-0.2, -0.15) is 0 Å². The monoisotopic (exact) mass is 364 g/mol. The fourth-order valence-corrected chi connectivity index (χ4v) is 3.81. The Balaban J connectivity index is 1.99. The third-order valence-electron chi connectivity index (χ3n) is 4.91. The molecule has 3 aromatic rings. The zero-order valence-electron chi connectivity index (χ0n) is 15.2. The van der Waals surface area contributed by atoms with Crippen LogP contribution in [0.5, 0.6) is 11.5 Å². The number of carbonyl (C=O) groups is 1. The summed E-state index contributed by atoms with van der Waals surface area (Å²) in [5, 5.41) is 10.6. The first kappa shape index (κ1) is 17.3. The summed E-state index contributed by atoms with van der Waals surface area (Å²) in [7, 11) is 0. The summed E-state index contributed by atoms with van der Waals surface area (Å²) in [6.45, 7) is 4.15. The van der Waals surface area contributed by atoms with Crippen molar-refractivity contribution in [3.05, 3.63) is 58.4 Å². The van der Waals surface area contributed by atoms with Crippen LogP contribution in [0.25, 0.3) is 22.1 Å². The summed E-state index contributed by atoms with van der Waals surface area (Å²) in [5.41, 5.74) is 1.78. The number of aromatic hydroxyl groups is 1. The van der Waals surface area contributed by atoms with Crippen LogP contribution in [0.2, 0.25) is 0 Å². The molecule has 0 radical (unpaired) electrons. The molecule has 0 unspecified atom stereocenters. The van der Waals surface area contributed by atoms with E-state index in [1.807, 2.05) is 30.3 Å². The minimum atomic E-state index is -0.338. The number of rotatable bonds is 3. The van der Waals surface area contributed by atoms with Crippen molar-refractivity contribution in [3.63, 3.8) is 0 Å². The largest absolute Gasteiger partial charge is 0.507 e. The lowest BCUT2D eigenvalue weighted by atomic mass is 9.84. The van der Waals surface area contributed by atoms with Gasteiger partial charge in [-0.25, -0.2) is 0 Å². The Morgan fingerprint density at radius 2 is 1.93 bits per heavy atom. The van der Waals surface area contributed by atoms with E-state index in [-0.39, 0.29) is 40.6 Å². The number of hydrogen-bond donors (Lipinski definition) is 1. The Labute approximate surface area is 156 Å². The van der Waals surface area contributed by atoms with E-state index in [9.17, 15) is 14.7 Å². The van der Waals surface area contributed by atoms with Crippen LogP contribution in [0.15, 0.2) is 51.9 Å². The topological polar surface area (TPSA) is 76.7 Å². The normalized spacial score (nSPS) is 16.4. The van der Waals surface area contributed by atoms with Gasteiger partial charge in [0, 0.05) is 17.5 Å². The Hall–Kier alpha value is -3.08. The first-order valence-electron chi connectivity index (χ1n) is 9.03. The van der Waals surface area contributed by atoms with Gasteiger partial charge in [-0.1, -0.05) is 44.2 Å². The third-order valence-corrected chi connectivity index (χ3v) is 4.91. The molecule has 5 nitrogen and oxygen atoms in total. The Morgan fingerprint density at radius 1 is 1.19 bits per heavy atom. The number of phenols is 1. The number of phenolic OH excluding ortho intramolecular Hbond substituents is 1. The van der Waals surface area contributed by atoms with Gasteiger partial charge in [-0.15, -0.1) is 0 Å². The highest BCUT2D eigenvalue weighted by molar-refractivity contribution is 5.93. The van der Waals surface area contributed by atoms with Crippen molar-refractivity contribution in [2.24, 2.45) is 5.92 Å². The van der Waals surface area contributed by atoms with Gasteiger partial charge in [0.1, 0.15) is 28.7 Å². The summed E-state index contributed by atoms with van der Waals surface area (Å²) in [6, 6.07) is 10.5. The van der Waals surface area contributed by atoms with Crippen molar-refractivity contribution in [3.8, 4) is 22.6 Å². The van der Waals surface area contributed by atoms with Gasteiger partial charge in [0.25, 0.3) is 0 Å². The average molecular weight is 364 g/mol. The van der Waals surface area contributed by atoms with Crippen LogP contribution in [-0.2, 0) is 4.79 Å². The van der Waals surface area contributed by atoms with Gasteiger partial charge in [0.2, 0.25) is 5.43 Å². The van der Waals surface area contributed by atoms with Gasteiger partial charge < -0.3 is 14.3 Å². The number of carbonyl (C=O) groups excluding carboxylic acids is 1. The van der Waals surface area contributed by atoms with E-state index in [1.54, 1.807) is 0 Å². The second kappa shape index (κ2) is 6.58. The maximum Gasteiger partial charge on any atom is 0.311 e. The molecule has 2 aromatic carbocycles. The Kier molecular flexibility index (Phi) is 4.22. The number of fused-ring (bicyclic) bond motifs is 3. The predicted molar refractivity (Wildman–Crippen MR) is 102 cm³/mol. The fourth-order valence-electron chi connectivity index (χ4n) is 3.81. The first-order chi connectivity index (χ1) is 13.0. The van der Waals surface area contributed by atoms with E-state index in [0.29, 0.717) is 22.6 Å². The molecule has 0 saturated heterocycles. The Morgan fingerprint density at radius 3 is 2.63 bits per heavy atom. The van der Waals surface area contributed by atoms with Crippen molar-refractivity contribution >= 4 is 16.9 Å². The maximum absolute atomic E-state index is 13.1. The van der Waals surface area contributed by atoms with E-state index in [0.717, 1.165) is 12.0 Å². The third kappa shape index (κ3) is 2.99. The molecule has 1 aliphatic rings. The molecular formula is C22H20O5. The maximum atomic E-state index is 13.1. The molecule has 138 valence electrons. The zero-order chi connectivity index (χ0) is 19.1. The molecule has 27 heavy (non-hydrogen) atoms. The number of hydrogen-bond acceptors (Lipinski definition) is 5. The summed E-state index contributed by atoms with van der Waals surface area (Å²) in [6.07, 6.45) is 2.41. The predicted octanol–water partition coefficient (Wildman–Crippen LogP) is 4.60. The quantitative estimate of drug-likeness (QED) is 0.543. The molecule has 1 aromatic heterocycles. The molecule has 4 rings (SSSR count). The number of esters is 1. The first-order valence-corrected chi connectivity index (χ1v) is 9.03. The molecule has 2 heterocycles. The van der Waals surface area contributed by atoms with Crippen LogP contribution in [0, 0.1) is 5.92 Å². The molecular weight excluding hydrogens is 344 g/mol. The summed E-state index contributed by atoms with van der Waals surface area (Å²) in [5.74, 6) is -0.0658. The molecule has 0 spiro atoms. The van der Waals surface area contributed by atoms with Gasteiger partial charge >= 0.3 is 5.97 Å². The summed E-state index contributed by atoms with van der Waals surface area (Å²) >= 11 is 0. The molecule has 1 aliphatic heterocycles. The summed E-state index contributed by atoms with van der Waals surface area (Å²) in [4.78, 5) is 25.1. The SMILES string of the molecule is CC(C)C[C@@H]1CC(=O)Oc2cc(O)c3c(=O)c(-c4ccccc4)coc3c21. The Bertz CT molecular complexity index is 1080. The highest BCUT2D eigenvalue weighted by atomic mass is 16.5. The van der Waals surface area contributed by atoms with Gasteiger partial charge in [0.05, 0.1) is 12.0 Å². The van der Waals surface area contributed by atoms with Crippen molar-refractivity contribution in [1.29, 1.82) is 0 Å². The standard InChI is InChI=1S/C22H20O5/c1-12(2)8-14-9-18(24)27-17-10-16(23)20-21(25)15(11-26-22(20)19(14)17)13-6-4-3-5-7-13/h3-7,10-12,14,23H,8-9H2,1-2H3/t14-/m1/s1. The van der Waals surface area contributed by atoms with Crippen LogP contribution in [-0.4, -0.2) is 11.1 Å². The minimum absolute atomic E-state index is 0.116. The van der Waals surface area contributed by atoms with E-state index < -0.39 is 0 Å². The van der Waals surface area contributed by atoms with Crippen molar-refractivity contribution in [2.45, 2.75) is 32.6 Å². The van der Waals surface area contributed by atoms with Crippen LogP contribution < -0.4 is 10.2 Å². The second-order valence-electron chi connectivity index (χ2n) is 7.36. The zero-order valence-corrected chi connectivity index (χ0v) is 15.2. The van der Waals surface area contributed by atoms with Crippen LogP contribution in [0.4, 0.5) is 0 Å². The van der Waals surface area contributed by atoms with Crippen LogP contribution in [0.1, 0.15) is 38.2 Å². The molecule has 1 N–H and O–H groups in total. The average Bonchev–Trinajstić information content (AvgIpc) is 2.61. The lowest BCUT2D eigenvalue weighted by molar-refractivity contribution is -0.136. The highest BCUT2D eigenvalue weighted by Crippen LogP contribution is 2.45. The molecule has 0 fully saturated rings. The van der Waals surface area contributed by atoms with E-state index >= 15 is 0 Å². The molecule has 0 amide bonds. The van der Waals surface area contributed by atoms with Gasteiger partial charge in [-0.05, 0) is 17.9 Å². The van der Waals surface area contributed by atoms with Crippen molar-refractivity contribution in [1.82, 2.24) is 0 Å². The lowest BCUT2D eigenvalue weighted by Crippen LogP contribution is -2.22. The molecule has 1 atom stereocenters. The van der Waals surface area contributed by atoms with Gasteiger partial charge in [-0.3, -0.25) is 9.59 Å². The molecule has 0 aliphatic carbocycles. The van der Waals surface area contributed by atoms with E-state index in [2.05, 4.69) is 13.8 Å².